The van der Waals surface area contributed by atoms with Crippen molar-refractivity contribution in [2.24, 2.45) is 0 Å². The van der Waals surface area contributed by atoms with Crippen LogP contribution in [0.5, 0.6) is 5.75 Å². The summed E-state index contributed by atoms with van der Waals surface area (Å²) in [5, 5.41) is 0. The van der Waals surface area contributed by atoms with Crippen molar-refractivity contribution < 1.29 is 14.3 Å². The predicted molar refractivity (Wildman–Crippen MR) is 85.9 cm³/mol. The molecule has 5 nitrogen and oxygen atoms in total. The van der Waals surface area contributed by atoms with Gasteiger partial charge in [-0.1, -0.05) is 29.0 Å². The highest BCUT2D eigenvalue weighted by atomic mass is 35.5. The van der Waals surface area contributed by atoms with Gasteiger partial charge in [-0.25, -0.2) is 9.78 Å². The van der Waals surface area contributed by atoms with E-state index in [1.165, 1.54) is 0 Å². The van der Waals surface area contributed by atoms with Crippen LogP contribution in [0, 0.1) is 6.92 Å². The van der Waals surface area contributed by atoms with Crippen LogP contribution in [0.15, 0.2) is 24.3 Å². The average Bonchev–Trinajstić information content (AvgIpc) is 2.84. The van der Waals surface area contributed by atoms with E-state index in [-0.39, 0.29) is 10.4 Å². The van der Waals surface area contributed by atoms with E-state index in [0.29, 0.717) is 28.4 Å². The molecule has 0 atom stereocenters. The maximum Gasteiger partial charge on any atom is 0.355 e. The van der Waals surface area contributed by atoms with E-state index >= 15 is 0 Å². The number of hydrogen-bond acceptors (Lipinski definition) is 5. The van der Waals surface area contributed by atoms with Gasteiger partial charge in [-0.15, -0.1) is 0 Å². The molecule has 0 spiro atoms. The van der Waals surface area contributed by atoms with E-state index in [9.17, 15) is 9.59 Å². The normalized spacial score (nSPS) is 10.4. The van der Waals surface area contributed by atoms with Crippen molar-refractivity contribution in [2.75, 3.05) is 13.6 Å². The van der Waals surface area contributed by atoms with Crippen molar-refractivity contribution in [2.45, 2.75) is 13.8 Å². The molecule has 0 unspecified atom stereocenters. The molecule has 0 aliphatic heterocycles. The van der Waals surface area contributed by atoms with Crippen LogP contribution in [0.2, 0.25) is 4.47 Å². The quantitative estimate of drug-likeness (QED) is 0.633. The number of benzene rings is 1. The lowest BCUT2D eigenvalue weighted by Gasteiger charge is -2.14. The standard InChI is InChI=1S/C15H15ClN2O3S/c1-4-18(3)13(19)10-6-5-7-11(8-10)21-14(20)12-9(2)17-15(16)22-12/h5-8H,4H2,1-3H3. The SMILES string of the molecule is CCN(C)C(=O)c1cccc(OC(=O)c2sc(Cl)nc2C)c1. The van der Waals surface area contributed by atoms with Crippen LogP contribution < -0.4 is 4.74 Å². The lowest BCUT2D eigenvalue weighted by molar-refractivity contribution is 0.0734. The molecule has 0 aliphatic rings. The fourth-order valence-electron chi connectivity index (χ4n) is 1.76. The minimum Gasteiger partial charge on any atom is -0.422 e. The van der Waals surface area contributed by atoms with Gasteiger partial charge in [-0.05, 0) is 32.0 Å². The molecule has 0 bridgehead atoms. The summed E-state index contributed by atoms with van der Waals surface area (Å²) >= 11 is 6.85. The van der Waals surface area contributed by atoms with Crippen LogP contribution in [-0.2, 0) is 0 Å². The van der Waals surface area contributed by atoms with Crippen LogP contribution >= 0.6 is 22.9 Å². The summed E-state index contributed by atoms with van der Waals surface area (Å²) in [6.07, 6.45) is 0. The van der Waals surface area contributed by atoms with Crippen molar-refractivity contribution in [3.05, 3.63) is 44.9 Å². The first-order valence-electron chi connectivity index (χ1n) is 6.63. The number of aromatic nitrogens is 1. The summed E-state index contributed by atoms with van der Waals surface area (Å²) in [5.41, 5.74) is 0.992. The number of aryl methyl sites for hydroxylation is 1. The molecule has 116 valence electrons. The minimum atomic E-state index is -0.532. The lowest BCUT2D eigenvalue weighted by Crippen LogP contribution is -2.26. The first kappa shape index (κ1) is 16.5. The Kier molecular flexibility index (Phi) is 5.15. The van der Waals surface area contributed by atoms with Crippen molar-refractivity contribution in [1.29, 1.82) is 0 Å². The van der Waals surface area contributed by atoms with Gasteiger partial charge >= 0.3 is 5.97 Å². The fraction of sp³-hybridized carbons (Fsp3) is 0.267. The second-order valence-corrected chi connectivity index (χ2v) is 6.20. The molecule has 0 radical (unpaired) electrons. The number of thiazole rings is 1. The third kappa shape index (κ3) is 3.64. The molecular formula is C15H15ClN2O3S. The number of hydrogen-bond donors (Lipinski definition) is 0. The molecule has 1 aromatic carbocycles. The second-order valence-electron chi connectivity index (χ2n) is 4.62. The van der Waals surface area contributed by atoms with E-state index in [4.69, 9.17) is 16.3 Å². The van der Waals surface area contributed by atoms with Gasteiger partial charge < -0.3 is 9.64 Å². The molecule has 1 aromatic heterocycles. The Morgan fingerprint density at radius 1 is 1.41 bits per heavy atom. The molecule has 0 saturated heterocycles. The predicted octanol–water partition coefficient (Wildman–Crippen LogP) is 3.42. The summed E-state index contributed by atoms with van der Waals surface area (Å²) in [5.74, 6) is -0.350. The number of ether oxygens (including phenoxy) is 1. The van der Waals surface area contributed by atoms with Crippen LogP contribution in [0.25, 0.3) is 0 Å². The Hall–Kier alpha value is -1.92. The number of esters is 1. The van der Waals surface area contributed by atoms with Gasteiger partial charge in [0.2, 0.25) is 0 Å². The molecule has 7 heteroatoms. The highest BCUT2D eigenvalue weighted by Gasteiger charge is 2.18. The molecule has 2 rings (SSSR count). The Balaban J connectivity index is 2.18. The summed E-state index contributed by atoms with van der Waals surface area (Å²) < 4.78 is 5.59. The molecule has 0 fully saturated rings. The fourth-order valence-corrected chi connectivity index (χ4v) is 2.79. The van der Waals surface area contributed by atoms with Crippen molar-refractivity contribution in [3.63, 3.8) is 0 Å². The lowest BCUT2D eigenvalue weighted by atomic mass is 10.2. The molecule has 1 heterocycles. The highest BCUT2D eigenvalue weighted by molar-refractivity contribution is 7.17. The summed E-state index contributed by atoms with van der Waals surface area (Å²) in [6.45, 7) is 4.18. The number of nitrogens with zero attached hydrogens (tertiary/aromatic N) is 2. The largest absolute Gasteiger partial charge is 0.422 e. The molecular weight excluding hydrogens is 324 g/mol. The van der Waals surface area contributed by atoms with Crippen LogP contribution in [0.1, 0.15) is 32.6 Å². The third-order valence-electron chi connectivity index (χ3n) is 3.07. The van der Waals surface area contributed by atoms with Crippen molar-refractivity contribution in [1.82, 2.24) is 9.88 Å². The zero-order valence-corrected chi connectivity index (χ0v) is 14.0. The number of carbonyl (C=O) groups excluding carboxylic acids is 2. The van der Waals surface area contributed by atoms with Gasteiger partial charge in [0.15, 0.2) is 4.47 Å². The first-order valence-corrected chi connectivity index (χ1v) is 7.82. The highest BCUT2D eigenvalue weighted by Crippen LogP contribution is 2.24. The molecule has 1 amide bonds. The van der Waals surface area contributed by atoms with Crippen LogP contribution in [0.3, 0.4) is 0 Å². The number of amides is 1. The third-order valence-corrected chi connectivity index (χ3v) is 4.31. The summed E-state index contributed by atoms with van der Waals surface area (Å²) in [7, 11) is 1.71. The maximum absolute atomic E-state index is 12.1. The van der Waals surface area contributed by atoms with E-state index in [2.05, 4.69) is 4.98 Å². The van der Waals surface area contributed by atoms with Crippen molar-refractivity contribution >= 4 is 34.8 Å². The Morgan fingerprint density at radius 3 is 2.73 bits per heavy atom. The molecule has 0 saturated carbocycles. The van der Waals surface area contributed by atoms with Gasteiger partial charge in [0.05, 0.1) is 5.69 Å². The zero-order chi connectivity index (χ0) is 16.3. The van der Waals surface area contributed by atoms with E-state index in [0.717, 1.165) is 11.3 Å². The van der Waals surface area contributed by atoms with E-state index in [1.54, 1.807) is 43.1 Å². The maximum atomic E-state index is 12.1. The minimum absolute atomic E-state index is 0.127. The van der Waals surface area contributed by atoms with Gasteiger partial charge in [0.25, 0.3) is 5.91 Å². The zero-order valence-electron chi connectivity index (χ0n) is 12.4. The molecule has 0 N–H and O–H groups in total. The number of rotatable bonds is 4. The smallest absolute Gasteiger partial charge is 0.355 e. The first-order chi connectivity index (χ1) is 10.4. The van der Waals surface area contributed by atoms with Gasteiger partial charge in [-0.3, -0.25) is 4.79 Å². The molecule has 22 heavy (non-hydrogen) atoms. The number of carbonyl (C=O) groups is 2. The van der Waals surface area contributed by atoms with Crippen molar-refractivity contribution in [3.8, 4) is 5.75 Å². The van der Waals surface area contributed by atoms with Crippen LogP contribution in [-0.4, -0.2) is 35.4 Å². The molecule has 0 aliphatic carbocycles. The Morgan fingerprint density at radius 2 is 2.14 bits per heavy atom. The Labute approximate surface area is 137 Å². The van der Waals surface area contributed by atoms with Crippen LogP contribution in [0.4, 0.5) is 0 Å². The number of halogens is 1. The van der Waals surface area contributed by atoms with Gasteiger partial charge in [0.1, 0.15) is 10.6 Å². The van der Waals surface area contributed by atoms with E-state index < -0.39 is 5.97 Å². The summed E-state index contributed by atoms with van der Waals surface area (Å²) in [6, 6.07) is 6.52. The van der Waals surface area contributed by atoms with Gasteiger partial charge in [-0.2, -0.15) is 0 Å². The monoisotopic (exact) mass is 338 g/mol. The molecule has 2 aromatic rings. The topological polar surface area (TPSA) is 59.5 Å². The van der Waals surface area contributed by atoms with Gasteiger partial charge in [0, 0.05) is 19.2 Å². The van der Waals surface area contributed by atoms with E-state index in [1.807, 2.05) is 6.92 Å². The average molecular weight is 339 g/mol. The Bertz CT molecular complexity index is 715. The second kappa shape index (κ2) is 6.89. The summed E-state index contributed by atoms with van der Waals surface area (Å²) in [4.78, 5) is 30.1.